The number of rotatable bonds is 3. The molecule has 1 aliphatic heterocycles. The van der Waals surface area contributed by atoms with E-state index in [-0.39, 0.29) is 17.9 Å². The monoisotopic (exact) mass is 236 g/mol. The highest BCUT2D eigenvalue weighted by molar-refractivity contribution is 6.02. The number of ether oxygens (including phenoxy) is 2. The first kappa shape index (κ1) is 12.9. The van der Waals surface area contributed by atoms with Crippen molar-refractivity contribution in [2.24, 2.45) is 10.2 Å². The van der Waals surface area contributed by atoms with Gasteiger partial charge in [0, 0.05) is 0 Å². The predicted octanol–water partition coefficient (Wildman–Crippen LogP) is 0.834. The van der Waals surface area contributed by atoms with Crippen molar-refractivity contribution in [3.05, 3.63) is 11.3 Å². The lowest BCUT2D eigenvalue weighted by atomic mass is 9.94. The minimum atomic E-state index is -0.905. The second-order valence-electron chi connectivity index (χ2n) is 3.75. The summed E-state index contributed by atoms with van der Waals surface area (Å²) in [5, 5.41) is 7.48. The average molecular weight is 236 g/mol. The maximum atomic E-state index is 11.6. The third kappa shape index (κ3) is 2.50. The van der Waals surface area contributed by atoms with Crippen LogP contribution in [0.15, 0.2) is 21.5 Å². The summed E-state index contributed by atoms with van der Waals surface area (Å²) in [5.74, 6) is 0.707. The highest BCUT2D eigenvalue weighted by Crippen LogP contribution is 2.32. The van der Waals surface area contributed by atoms with Crippen LogP contribution in [0, 0.1) is 12.3 Å². The maximum Gasteiger partial charge on any atom is 0.360 e. The van der Waals surface area contributed by atoms with E-state index in [0.717, 1.165) is 0 Å². The van der Waals surface area contributed by atoms with Crippen molar-refractivity contribution in [3.63, 3.8) is 0 Å². The molecule has 0 fully saturated rings. The van der Waals surface area contributed by atoms with Crippen molar-refractivity contribution in [2.75, 3.05) is 13.7 Å². The Morgan fingerprint density at radius 2 is 2.06 bits per heavy atom. The van der Waals surface area contributed by atoms with E-state index in [9.17, 15) is 9.59 Å². The van der Waals surface area contributed by atoms with E-state index >= 15 is 0 Å². The second kappa shape index (κ2) is 4.78. The maximum absolute atomic E-state index is 11.6. The number of terminal acetylenes is 1. The number of hydrogen-bond acceptors (Lipinski definition) is 6. The quantitative estimate of drug-likeness (QED) is 0.537. The van der Waals surface area contributed by atoms with Gasteiger partial charge in [-0.1, -0.05) is 5.92 Å². The summed E-state index contributed by atoms with van der Waals surface area (Å²) < 4.78 is 9.29. The summed E-state index contributed by atoms with van der Waals surface area (Å²) >= 11 is 0. The Labute approximate surface area is 98.7 Å². The van der Waals surface area contributed by atoms with Gasteiger partial charge < -0.3 is 9.47 Å². The molecule has 1 heterocycles. The van der Waals surface area contributed by atoms with E-state index in [0.29, 0.717) is 0 Å². The van der Waals surface area contributed by atoms with E-state index in [1.807, 2.05) is 0 Å². The second-order valence-corrected chi connectivity index (χ2v) is 3.75. The summed E-state index contributed by atoms with van der Waals surface area (Å²) in [6.45, 7) is 3.10. The SMILES string of the molecule is C#CCOC(=O)C1=C(C(=O)OC)C(C)(C)N=N1. The van der Waals surface area contributed by atoms with Crippen LogP contribution in [0.1, 0.15) is 13.8 Å². The van der Waals surface area contributed by atoms with Crippen molar-refractivity contribution in [1.29, 1.82) is 0 Å². The molecule has 0 saturated carbocycles. The molecule has 0 aromatic carbocycles. The zero-order chi connectivity index (χ0) is 13.1. The molecule has 90 valence electrons. The predicted molar refractivity (Wildman–Crippen MR) is 57.8 cm³/mol. The van der Waals surface area contributed by atoms with Gasteiger partial charge in [0.15, 0.2) is 12.3 Å². The van der Waals surface area contributed by atoms with Crippen LogP contribution in [0.3, 0.4) is 0 Å². The van der Waals surface area contributed by atoms with E-state index in [4.69, 9.17) is 11.2 Å². The first-order valence-electron chi connectivity index (χ1n) is 4.80. The molecule has 17 heavy (non-hydrogen) atoms. The third-order valence-electron chi connectivity index (χ3n) is 2.12. The Hall–Kier alpha value is -2.16. The Bertz CT molecular complexity index is 455. The van der Waals surface area contributed by atoms with Crippen molar-refractivity contribution < 1.29 is 19.1 Å². The number of esters is 2. The molecular weight excluding hydrogens is 224 g/mol. The summed E-state index contributed by atoms with van der Waals surface area (Å²) in [5.41, 5.74) is -0.989. The van der Waals surface area contributed by atoms with Gasteiger partial charge in [-0.15, -0.1) is 11.5 Å². The van der Waals surface area contributed by atoms with Crippen LogP contribution in [0.5, 0.6) is 0 Å². The molecule has 0 bridgehead atoms. The molecule has 0 N–H and O–H groups in total. The van der Waals surface area contributed by atoms with Crippen LogP contribution in [-0.4, -0.2) is 31.2 Å². The molecule has 0 saturated heterocycles. The molecule has 1 aliphatic rings. The summed E-state index contributed by atoms with van der Waals surface area (Å²) in [4.78, 5) is 23.2. The van der Waals surface area contributed by atoms with Gasteiger partial charge in [0.05, 0.1) is 7.11 Å². The standard InChI is InChI=1S/C11H12N2O4/c1-5-6-17-10(15)8-7(9(14)16-4)11(2,3)13-12-8/h1H,6H2,2-4H3. The molecule has 0 radical (unpaired) electrons. The molecule has 6 nitrogen and oxygen atoms in total. The smallest absolute Gasteiger partial charge is 0.360 e. The third-order valence-corrected chi connectivity index (χ3v) is 2.12. The Balaban J connectivity index is 3.09. The molecule has 0 spiro atoms. The average Bonchev–Trinajstić information content (AvgIpc) is 2.61. The van der Waals surface area contributed by atoms with Gasteiger partial charge in [-0.3, -0.25) is 0 Å². The largest absolute Gasteiger partial charge is 0.466 e. The number of azo groups is 1. The Morgan fingerprint density at radius 1 is 1.41 bits per heavy atom. The highest BCUT2D eigenvalue weighted by atomic mass is 16.5. The molecule has 0 aromatic heterocycles. The minimum Gasteiger partial charge on any atom is -0.466 e. The highest BCUT2D eigenvalue weighted by Gasteiger charge is 2.40. The van der Waals surface area contributed by atoms with Gasteiger partial charge in [-0.2, -0.15) is 5.11 Å². The fourth-order valence-electron chi connectivity index (χ4n) is 1.33. The summed E-state index contributed by atoms with van der Waals surface area (Å²) in [6, 6.07) is 0. The van der Waals surface area contributed by atoms with E-state index < -0.39 is 17.5 Å². The van der Waals surface area contributed by atoms with Crippen molar-refractivity contribution in [2.45, 2.75) is 19.4 Å². The number of hydrogen-bond donors (Lipinski definition) is 0. The minimum absolute atomic E-state index is 0.0713. The number of carbonyl (C=O) groups excluding carboxylic acids is 2. The zero-order valence-corrected chi connectivity index (χ0v) is 9.81. The van der Waals surface area contributed by atoms with Gasteiger partial charge in [-0.25, -0.2) is 9.59 Å². The summed E-state index contributed by atoms with van der Waals surface area (Å²) in [6.07, 6.45) is 4.96. The molecule has 0 aromatic rings. The van der Waals surface area contributed by atoms with Crippen molar-refractivity contribution in [1.82, 2.24) is 0 Å². The Kier molecular flexibility index (Phi) is 3.63. The van der Waals surface area contributed by atoms with Crippen LogP contribution < -0.4 is 0 Å². The fourth-order valence-corrected chi connectivity index (χ4v) is 1.33. The lowest BCUT2D eigenvalue weighted by Crippen LogP contribution is -2.26. The van der Waals surface area contributed by atoms with Gasteiger partial charge in [0.2, 0.25) is 0 Å². The number of methoxy groups -OCH3 is 1. The molecule has 1 rings (SSSR count). The topological polar surface area (TPSA) is 77.3 Å². The number of nitrogens with zero attached hydrogens (tertiary/aromatic N) is 2. The van der Waals surface area contributed by atoms with Crippen LogP contribution >= 0.6 is 0 Å². The van der Waals surface area contributed by atoms with Crippen molar-refractivity contribution >= 4 is 11.9 Å². The lowest BCUT2D eigenvalue weighted by Gasteiger charge is -2.15. The molecule has 0 aliphatic carbocycles. The van der Waals surface area contributed by atoms with Gasteiger partial charge in [-0.05, 0) is 13.8 Å². The first-order valence-corrected chi connectivity index (χ1v) is 4.80. The van der Waals surface area contributed by atoms with Gasteiger partial charge >= 0.3 is 11.9 Å². The lowest BCUT2D eigenvalue weighted by molar-refractivity contribution is -0.140. The zero-order valence-electron chi connectivity index (χ0n) is 9.81. The molecule has 0 unspecified atom stereocenters. The molecule has 0 amide bonds. The normalized spacial score (nSPS) is 16.6. The summed E-state index contributed by atoms with van der Waals surface area (Å²) in [7, 11) is 1.22. The van der Waals surface area contributed by atoms with E-state index in [1.165, 1.54) is 7.11 Å². The Morgan fingerprint density at radius 3 is 2.59 bits per heavy atom. The molecular formula is C11H12N2O4. The van der Waals surface area contributed by atoms with Gasteiger partial charge in [0.25, 0.3) is 0 Å². The van der Waals surface area contributed by atoms with E-state index in [2.05, 4.69) is 20.9 Å². The van der Waals surface area contributed by atoms with Gasteiger partial charge in [0.1, 0.15) is 11.1 Å². The first-order chi connectivity index (χ1) is 7.94. The van der Waals surface area contributed by atoms with Crippen LogP contribution in [0.2, 0.25) is 0 Å². The van der Waals surface area contributed by atoms with Crippen molar-refractivity contribution in [3.8, 4) is 12.3 Å². The fraction of sp³-hybridized carbons (Fsp3) is 0.455. The number of carbonyl (C=O) groups is 2. The van der Waals surface area contributed by atoms with Crippen LogP contribution in [0.25, 0.3) is 0 Å². The van der Waals surface area contributed by atoms with E-state index in [1.54, 1.807) is 13.8 Å². The van der Waals surface area contributed by atoms with Crippen LogP contribution in [0.4, 0.5) is 0 Å². The van der Waals surface area contributed by atoms with Crippen LogP contribution in [-0.2, 0) is 19.1 Å². The molecule has 0 atom stereocenters. The molecule has 6 heteroatoms.